The number of benzene rings is 1. The van der Waals surface area contributed by atoms with Crippen molar-refractivity contribution in [2.45, 2.75) is 19.8 Å². The van der Waals surface area contributed by atoms with E-state index in [1.165, 1.54) is 6.92 Å². The van der Waals surface area contributed by atoms with E-state index in [0.717, 1.165) is 5.56 Å². The van der Waals surface area contributed by atoms with Gasteiger partial charge in [0, 0.05) is 23.4 Å². The normalized spacial score (nSPS) is 10.5. The molecule has 1 aromatic carbocycles. The van der Waals surface area contributed by atoms with E-state index in [4.69, 9.17) is 16.1 Å². The SMILES string of the molecule is CC(=O)CCc1nc(-c2ccc(Cl)cc2)no1. The van der Waals surface area contributed by atoms with Gasteiger partial charge in [0.25, 0.3) is 0 Å². The van der Waals surface area contributed by atoms with Gasteiger partial charge in [0.1, 0.15) is 5.78 Å². The van der Waals surface area contributed by atoms with Gasteiger partial charge in [-0.15, -0.1) is 0 Å². The predicted octanol–water partition coefficient (Wildman–Crippen LogP) is 2.91. The van der Waals surface area contributed by atoms with Crippen LogP contribution >= 0.6 is 11.6 Å². The molecule has 2 aromatic rings. The monoisotopic (exact) mass is 250 g/mol. The number of rotatable bonds is 4. The Kier molecular flexibility index (Phi) is 3.54. The Labute approximate surface area is 104 Å². The zero-order valence-electron chi connectivity index (χ0n) is 9.31. The summed E-state index contributed by atoms with van der Waals surface area (Å²) < 4.78 is 5.05. The Bertz CT molecular complexity index is 520. The molecule has 1 heterocycles. The van der Waals surface area contributed by atoms with Crippen molar-refractivity contribution in [1.82, 2.24) is 10.1 Å². The van der Waals surface area contributed by atoms with Crippen LogP contribution in [-0.4, -0.2) is 15.9 Å². The maximum Gasteiger partial charge on any atom is 0.227 e. The van der Waals surface area contributed by atoms with E-state index in [1.807, 2.05) is 12.1 Å². The van der Waals surface area contributed by atoms with Crippen LogP contribution in [0.5, 0.6) is 0 Å². The third-order valence-corrected chi connectivity index (χ3v) is 2.51. The molecule has 1 aromatic heterocycles. The molecule has 0 aliphatic carbocycles. The molecule has 17 heavy (non-hydrogen) atoms. The lowest BCUT2D eigenvalue weighted by molar-refractivity contribution is -0.117. The van der Waals surface area contributed by atoms with Crippen molar-refractivity contribution >= 4 is 17.4 Å². The summed E-state index contributed by atoms with van der Waals surface area (Å²) in [5.74, 6) is 1.10. The zero-order chi connectivity index (χ0) is 12.3. The number of nitrogens with zero attached hydrogens (tertiary/aromatic N) is 2. The van der Waals surface area contributed by atoms with Crippen LogP contribution in [0, 0.1) is 0 Å². The van der Waals surface area contributed by atoms with Gasteiger partial charge >= 0.3 is 0 Å². The van der Waals surface area contributed by atoms with Gasteiger partial charge in [-0.05, 0) is 31.2 Å². The average Bonchev–Trinajstić information content (AvgIpc) is 2.76. The Balaban J connectivity index is 2.12. The van der Waals surface area contributed by atoms with Gasteiger partial charge in [-0.3, -0.25) is 0 Å². The van der Waals surface area contributed by atoms with Gasteiger partial charge in [-0.2, -0.15) is 4.98 Å². The van der Waals surface area contributed by atoms with Crippen molar-refractivity contribution in [3.05, 3.63) is 35.2 Å². The number of aryl methyl sites for hydroxylation is 1. The number of halogens is 1. The van der Waals surface area contributed by atoms with E-state index in [2.05, 4.69) is 10.1 Å². The molecule has 4 nitrogen and oxygen atoms in total. The van der Waals surface area contributed by atoms with Crippen molar-refractivity contribution in [1.29, 1.82) is 0 Å². The van der Waals surface area contributed by atoms with Crippen LogP contribution in [0.2, 0.25) is 5.02 Å². The zero-order valence-corrected chi connectivity index (χ0v) is 10.1. The van der Waals surface area contributed by atoms with Gasteiger partial charge in [0.2, 0.25) is 11.7 Å². The molecule has 0 bridgehead atoms. The molecule has 0 spiro atoms. The molecule has 0 radical (unpaired) electrons. The minimum Gasteiger partial charge on any atom is -0.339 e. The highest BCUT2D eigenvalue weighted by Crippen LogP contribution is 2.18. The largest absolute Gasteiger partial charge is 0.339 e. The fourth-order valence-electron chi connectivity index (χ4n) is 1.36. The van der Waals surface area contributed by atoms with Crippen LogP contribution in [0.25, 0.3) is 11.4 Å². The van der Waals surface area contributed by atoms with Gasteiger partial charge < -0.3 is 9.32 Å². The smallest absolute Gasteiger partial charge is 0.227 e. The first kappa shape index (κ1) is 11.8. The maximum absolute atomic E-state index is 10.8. The van der Waals surface area contributed by atoms with Gasteiger partial charge in [0.05, 0.1) is 0 Å². The molecule has 0 saturated carbocycles. The van der Waals surface area contributed by atoms with Crippen LogP contribution in [0.15, 0.2) is 28.8 Å². The minimum absolute atomic E-state index is 0.108. The van der Waals surface area contributed by atoms with Crippen molar-refractivity contribution in [3.8, 4) is 11.4 Å². The number of hydrogen-bond acceptors (Lipinski definition) is 4. The second-order valence-electron chi connectivity index (χ2n) is 3.72. The van der Waals surface area contributed by atoms with Crippen molar-refractivity contribution in [3.63, 3.8) is 0 Å². The number of carbonyl (C=O) groups excluding carboxylic acids is 1. The molecule has 0 unspecified atom stereocenters. The second kappa shape index (κ2) is 5.10. The maximum atomic E-state index is 10.8. The molecule has 5 heteroatoms. The first-order valence-electron chi connectivity index (χ1n) is 5.23. The molecule has 0 saturated heterocycles. The van der Waals surface area contributed by atoms with Crippen LogP contribution in [-0.2, 0) is 11.2 Å². The summed E-state index contributed by atoms with van der Waals surface area (Å²) >= 11 is 5.79. The summed E-state index contributed by atoms with van der Waals surface area (Å²) in [6.45, 7) is 1.54. The van der Waals surface area contributed by atoms with Gasteiger partial charge in [0.15, 0.2) is 0 Å². The lowest BCUT2D eigenvalue weighted by Gasteiger charge is -1.93. The first-order valence-corrected chi connectivity index (χ1v) is 5.61. The molecule has 0 atom stereocenters. The van der Waals surface area contributed by atoms with Gasteiger partial charge in [-0.25, -0.2) is 0 Å². The summed E-state index contributed by atoms with van der Waals surface area (Å²) in [4.78, 5) is 15.0. The summed E-state index contributed by atoms with van der Waals surface area (Å²) in [5, 5.41) is 4.51. The highest BCUT2D eigenvalue weighted by Gasteiger charge is 2.08. The van der Waals surface area contributed by atoms with Crippen LogP contribution in [0.4, 0.5) is 0 Å². The summed E-state index contributed by atoms with van der Waals surface area (Å²) in [6.07, 6.45) is 0.901. The number of hydrogen-bond donors (Lipinski definition) is 0. The minimum atomic E-state index is 0.108. The first-order chi connectivity index (χ1) is 8.15. The molecule has 0 fully saturated rings. The fourth-order valence-corrected chi connectivity index (χ4v) is 1.48. The third kappa shape index (κ3) is 3.14. The lowest BCUT2D eigenvalue weighted by Crippen LogP contribution is -1.93. The molecule has 88 valence electrons. The summed E-state index contributed by atoms with van der Waals surface area (Å²) in [7, 11) is 0. The predicted molar refractivity (Wildman–Crippen MR) is 63.7 cm³/mol. The van der Waals surface area contributed by atoms with E-state index in [0.29, 0.717) is 29.6 Å². The van der Waals surface area contributed by atoms with Crippen molar-refractivity contribution in [2.24, 2.45) is 0 Å². The average molecular weight is 251 g/mol. The lowest BCUT2D eigenvalue weighted by atomic mass is 10.2. The van der Waals surface area contributed by atoms with E-state index in [1.54, 1.807) is 12.1 Å². The quantitative estimate of drug-likeness (QED) is 0.837. The van der Waals surface area contributed by atoms with Crippen LogP contribution in [0.3, 0.4) is 0 Å². The fraction of sp³-hybridized carbons (Fsp3) is 0.250. The Hall–Kier alpha value is -1.68. The Morgan fingerprint density at radius 2 is 2.06 bits per heavy atom. The molecule has 0 aliphatic rings. The van der Waals surface area contributed by atoms with Crippen molar-refractivity contribution < 1.29 is 9.32 Å². The van der Waals surface area contributed by atoms with E-state index in [9.17, 15) is 4.79 Å². The number of Topliss-reactive ketones (excluding diaryl/α,β-unsaturated/α-hetero) is 1. The van der Waals surface area contributed by atoms with E-state index in [-0.39, 0.29) is 5.78 Å². The number of carbonyl (C=O) groups is 1. The van der Waals surface area contributed by atoms with E-state index < -0.39 is 0 Å². The highest BCUT2D eigenvalue weighted by atomic mass is 35.5. The standard InChI is InChI=1S/C12H11ClN2O2/c1-8(16)2-7-11-14-12(15-17-11)9-3-5-10(13)6-4-9/h3-6H,2,7H2,1H3. The molecule has 0 amide bonds. The molecule has 0 aliphatic heterocycles. The number of ketones is 1. The van der Waals surface area contributed by atoms with Crippen molar-refractivity contribution in [2.75, 3.05) is 0 Å². The van der Waals surface area contributed by atoms with E-state index >= 15 is 0 Å². The van der Waals surface area contributed by atoms with Crippen LogP contribution in [0.1, 0.15) is 19.2 Å². The van der Waals surface area contributed by atoms with Crippen LogP contribution < -0.4 is 0 Å². The molecular weight excluding hydrogens is 240 g/mol. The second-order valence-corrected chi connectivity index (χ2v) is 4.16. The molecular formula is C12H11ClN2O2. The molecule has 0 N–H and O–H groups in total. The topological polar surface area (TPSA) is 56.0 Å². The van der Waals surface area contributed by atoms with Gasteiger partial charge in [-0.1, -0.05) is 16.8 Å². The summed E-state index contributed by atoms with van der Waals surface area (Å²) in [6, 6.07) is 7.18. The highest BCUT2D eigenvalue weighted by molar-refractivity contribution is 6.30. The molecule has 2 rings (SSSR count). The third-order valence-electron chi connectivity index (χ3n) is 2.26. The number of aromatic nitrogens is 2. The summed E-state index contributed by atoms with van der Waals surface area (Å²) in [5.41, 5.74) is 0.840. The Morgan fingerprint density at radius 1 is 1.35 bits per heavy atom. The Morgan fingerprint density at radius 3 is 2.71 bits per heavy atom.